The van der Waals surface area contributed by atoms with Crippen molar-refractivity contribution >= 4 is 7.37 Å². The third kappa shape index (κ3) is 5.22. The van der Waals surface area contributed by atoms with Gasteiger partial charge in [0.2, 0.25) is 0 Å². The Morgan fingerprint density at radius 1 is 1.38 bits per heavy atom. The fourth-order valence-corrected chi connectivity index (χ4v) is 2.91. The molecule has 1 atom stereocenters. The van der Waals surface area contributed by atoms with Crippen molar-refractivity contribution in [2.45, 2.75) is 39.0 Å². The average Bonchev–Trinajstić information content (AvgIpc) is 2.53. The predicted octanol–water partition coefficient (Wildman–Crippen LogP) is 2.22. The van der Waals surface area contributed by atoms with Crippen molar-refractivity contribution in [2.75, 3.05) is 12.3 Å². The molecule has 4 heteroatoms. The Balaban J connectivity index is 0.00000144. The zero-order chi connectivity index (χ0) is 9.03. The van der Waals surface area contributed by atoms with Crippen LogP contribution in [0.1, 0.15) is 39.0 Å². The minimum atomic E-state index is -2.98. The third-order valence-corrected chi connectivity index (χ3v) is 4.74. The van der Waals surface area contributed by atoms with Crippen LogP contribution >= 0.6 is 7.37 Å². The largest absolute Gasteiger partial charge is 3.00 e. The van der Waals surface area contributed by atoms with Gasteiger partial charge in [-0.05, 0) is 24.7 Å². The molecule has 77 valence electrons. The molecule has 0 bridgehead atoms. The minimum Gasteiger partial charge on any atom is -0.799 e. The molecule has 0 heterocycles. The second-order valence-corrected chi connectivity index (χ2v) is 6.50. The fourth-order valence-electron chi connectivity index (χ4n) is 1.84. The maximum Gasteiger partial charge on any atom is 3.00 e. The molecule has 0 aromatic carbocycles. The molecule has 1 aliphatic carbocycles. The summed E-state index contributed by atoms with van der Waals surface area (Å²) < 4.78 is 11.2. The molecule has 1 saturated carbocycles. The quantitative estimate of drug-likeness (QED) is 0.562. The van der Waals surface area contributed by atoms with Gasteiger partial charge in [0.25, 0.3) is 0 Å². The maximum absolute atomic E-state index is 11.2. The number of hydrogen-bond acceptors (Lipinski definition) is 2. The smallest absolute Gasteiger partial charge is 0.799 e. The van der Waals surface area contributed by atoms with Crippen LogP contribution in [0.5, 0.6) is 0 Å². The summed E-state index contributed by atoms with van der Waals surface area (Å²) in [6, 6.07) is 0. The van der Waals surface area contributed by atoms with E-state index in [-0.39, 0.29) is 17.1 Å². The van der Waals surface area contributed by atoms with Gasteiger partial charge in [0.1, 0.15) is 0 Å². The molecule has 0 spiro atoms. The molecule has 1 unspecified atom stereocenters. The van der Waals surface area contributed by atoms with E-state index >= 15 is 0 Å². The first-order valence-corrected chi connectivity index (χ1v) is 6.92. The van der Waals surface area contributed by atoms with Gasteiger partial charge in [-0.25, -0.2) is 0 Å². The molecule has 0 amide bonds. The SMILES string of the molecule is CCP(=O)([O-])CCC1CCCC1.[Fe+3]. The maximum atomic E-state index is 11.2. The van der Waals surface area contributed by atoms with E-state index in [9.17, 15) is 9.46 Å². The van der Waals surface area contributed by atoms with Gasteiger partial charge >= 0.3 is 17.1 Å². The normalized spacial score (nSPS) is 22.3. The van der Waals surface area contributed by atoms with E-state index in [0.29, 0.717) is 18.2 Å². The molecule has 2 nitrogen and oxygen atoms in total. The third-order valence-electron chi connectivity index (χ3n) is 2.83. The number of hydrogen-bond donors (Lipinski definition) is 0. The molecular formula is C9H18FeO2P+2. The molecule has 0 aliphatic heterocycles. The van der Waals surface area contributed by atoms with Gasteiger partial charge in [-0.2, -0.15) is 0 Å². The molecule has 0 N–H and O–H groups in total. The summed E-state index contributed by atoms with van der Waals surface area (Å²) in [5.41, 5.74) is 0. The second kappa shape index (κ2) is 6.24. The first kappa shape index (κ1) is 13.7. The van der Waals surface area contributed by atoms with E-state index in [2.05, 4.69) is 0 Å². The fraction of sp³-hybridized carbons (Fsp3) is 1.00. The van der Waals surface area contributed by atoms with Gasteiger partial charge in [-0.15, -0.1) is 0 Å². The molecule has 1 rings (SSSR count). The summed E-state index contributed by atoms with van der Waals surface area (Å²) in [4.78, 5) is 11.2. The van der Waals surface area contributed by atoms with Crippen LogP contribution in [0.15, 0.2) is 0 Å². The van der Waals surface area contributed by atoms with Crippen LogP contribution in [0, 0.1) is 5.92 Å². The van der Waals surface area contributed by atoms with Crippen molar-refractivity contribution in [2.24, 2.45) is 5.92 Å². The van der Waals surface area contributed by atoms with E-state index < -0.39 is 7.37 Å². The first-order valence-electron chi connectivity index (χ1n) is 4.93. The van der Waals surface area contributed by atoms with Crippen molar-refractivity contribution in [3.63, 3.8) is 0 Å². The molecule has 0 aromatic rings. The van der Waals surface area contributed by atoms with Gasteiger partial charge in [0, 0.05) is 7.37 Å². The monoisotopic (exact) mass is 245 g/mol. The molecule has 1 aliphatic rings. The van der Waals surface area contributed by atoms with Gasteiger partial charge in [-0.1, -0.05) is 32.6 Å². The summed E-state index contributed by atoms with van der Waals surface area (Å²) in [5, 5.41) is 0. The standard InChI is InChI=1S/C9H19O2P.Fe/c1-2-12(10,11)8-7-9-5-3-4-6-9;/h9H,2-8H2,1H3,(H,10,11);/q;+3/p-1. The summed E-state index contributed by atoms with van der Waals surface area (Å²) in [6.07, 6.45) is 6.80. The van der Waals surface area contributed by atoms with E-state index in [4.69, 9.17) is 0 Å². The summed E-state index contributed by atoms with van der Waals surface area (Å²) in [5.74, 6) is 0.707. The first-order chi connectivity index (χ1) is 5.64. The van der Waals surface area contributed by atoms with Crippen molar-refractivity contribution in [3.8, 4) is 0 Å². The molecular weight excluding hydrogens is 227 g/mol. The van der Waals surface area contributed by atoms with Crippen molar-refractivity contribution in [1.82, 2.24) is 0 Å². The van der Waals surface area contributed by atoms with Gasteiger partial charge in [0.15, 0.2) is 0 Å². The Bertz CT molecular complexity index is 178. The summed E-state index contributed by atoms with van der Waals surface area (Å²) in [7, 11) is -2.98. The zero-order valence-electron chi connectivity index (χ0n) is 8.14. The van der Waals surface area contributed by atoms with Crippen LogP contribution in [-0.2, 0) is 21.6 Å². The average molecular weight is 245 g/mol. The van der Waals surface area contributed by atoms with E-state index in [1.54, 1.807) is 6.92 Å². The molecule has 1 radical (unpaired) electrons. The number of rotatable bonds is 4. The Labute approximate surface area is 91.4 Å². The molecule has 13 heavy (non-hydrogen) atoms. The topological polar surface area (TPSA) is 40.1 Å². The zero-order valence-corrected chi connectivity index (χ0v) is 10.1. The Hall–Kier alpha value is 0.709. The van der Waals surface area contributed by atoms with Crippen LogP contribution in [-0.4, -0.2) is 12.3 Å². The van der Waals surface area contributed by atoms with E-state index in [1.165, 1.54) is 25.7 Å². The Kier molecular flexibility index (Phi) is 6.58. The van der Waals surface area contributed by atoms with Gasteiger partial charge < -0.3 is 9.46 Å². The summed E-state index contributed by atoms with van der Waals surface area (Å²) in [6.45, 7) is 1.74. The van der Waals surface area contributed by atoms with Crippen molar-refractivity contribution in [3.05, 3.63) is 0 Å². The van der Waals surface area contributed by atoms with E-state index in [1.807, 2.05) is 0 Å². The molecule has 0 saturated heterocycles. The Morgan fingerprint density at radius 2 is 1.92 bits per heavy atom. The van der Waals surface area contributed by atoms with Crippen LogP contribution < -0.4 is 4.89 Å². The summed E-state index contributed by atoms with van der Waals surface area (Å²) >= 11 is 0. The molecule has 0 aromatic heterocycles. The second-order valence-electron chi connectivity index (χ2n) is 3.79. The van der Waals surface area contributed by atoms with Crippen LogP contribution in [0.2, 0.25) is 0 Å². The van der Waals surface area contributed by atoms with E-state index in [0.717, 1.165) is 6.42 Å². The van der Waals surface area contributed by atoms with Gasteiger partial charge in [-0.3, -0.25) is 0 Å². The van der Waals surface area contributed by atoms with Crippen LogP contribution in [0.25, 0.3) is 0 Å². The van der Waals surface area contributed by atoms with Crippen molar-refractivity contribution in [1.29, 1.82) is 0 Å². The van der Waals surface area contributed by atoms with Crippen molar-refractivity contribution < 1.29 is 26.5 Å². The van der Waals surface area contributed by atoms with Crippen LogP contribution in [0.4, 0.5) is 0 Å². The Morgan fingerprint density at radius 3 is 2.38 bits per heavy atom. The molecule has 1 fully saturated rings. The van der Waals surface area contributed by atoms with Crippen LogP contribution in [0.3, 0.4) is 0 Å². The predicted molar refractivity (Wildman–Crippen MR) is 49.6 cm³/mol. The minimum absolute atomic E-state index is 0. The van der Waals surface area contributed by atoms with Gasteiger partial charge in [0.05, 0.1) is 0 Å².